The van der Waals surface area contributed by atoms with Crippen molar-refractivity contribution in [3.8, 4) is 0 Å². The predicted molar refractivity (Wildman–Crippen MR) is 65.8 cm³/mol. The van der Waals surface area contributed by atoms with E-state index >= 15 is 0 Å². The molecule has 1 saturated heterocycles. The van der Waals surface area contributed by atoms with Crippen molar-refractivity contribution in [2.75, 3.05) is 27.2 Å². The van der Waals surface area contributed by atoms with Crippen LogP contribution in [0, 0.1) is 0 Å². The summed E-state index contributed by atoms with van der Waals surface area (Å²) in [6, 6.07) is 0.547. The van der Waals surface area contributed by atoms with Gasteiger partial charge in [0.05, 0.1) is 6.04 Å². The number of nitrogens with zero attached hydrogens (tertiary/aromatic N) is 3. The second-order valence-corrected chi connectivity index (χ2v) is 4.67. The minimum Gasteiger partial charge on any atom is -0.409 e. The van der Waals surface area contributed by atoms with Gasteiger partial charge < -0.3 is 15.8 Å². The summed E-state index contributed by atoms with van der Waals surface area (Å²) in [5.41, 5.74) is 5.71. The van der Waals surface area contributed by atoms with Crippen molar-refractivity contribution in [1.29, 1.82) is 0 Å². The van der Waals surface area contributed by atoms with Crippen molar-refractivity contribution in [3.05, 3.63) is 0 Å². The van der Waals surface area contributed by atoms with E-state index in [1.54, 1.807) is 0 Å². The molecule has 0 radical (unpaired) electrons. The van der Waals surface area contributed by atoms with Crippen LogP contribution in [0.25, 0.3) is 0 Å². The SMILES string of the molecule is CCC(C(N)=NO)N(C)C1CCCN(C)C1. The van der Waals surface area contributed by atoms with Crippen LogP contribution in [0.4, 0.5) is 0 Å². The van der Waals surface area contributed by atoms with Crippen molar-refractivity contribution >= 4 is 5.84 Å². The van der Waals surface area contributed by atoms with Gasteiger partial charge >= 0.3 is 0 Å². The first-order valence-corrected chi connectivity index (χ1v) is 5.98. The van der Waals surface area contributed by atoms with Gasteiger partial charge in [0.2, 0.25) is 0 Å². The predicted octanol–water partition coefficient (Wildman–Crippen LogP) is 0.537. The maximum atomic E-state index is 8.76. The molecule has 0 spiro atoms. The highest BCUT2D eigenvalue weighted by Crippen LogP contribution is 2.17. The Labute approximate surface area is 97.9 Å². The molecule has 1 rings (SSSR count). The van der Waals surface area contributed by atoms with Crippen LogP contribution in [0.3, 0.4) is 0 Å². The van der Waals surface area contributed by atoms with Gasteiger partial charge in [0.15, 0.2) is 5.84 Å². The lowest BCUT2D eigenvalue weighted by Gasteiger charge is -2.39. The lowest BCUT2D eigenvalue weighted by atomic mass is 10.0. The maximum Gasteiger partial charge on any atom is 0.156 e. The second-order valence-electron chi connectivity index (χ2n) is 4.67. The Hall–Kier alpha value is -0.810. The zero-order valence-corrected chi connectivity index (χ0v) is 10.6. The summed E-state index contributed by atoms with van der Waals surface area (Å²) < 4.78 is 0. The van der Waals surface area contributed by atoms with Crippen molar-refractivity contribution in [3.63, 3.8) is 0 Å². The van der Waals surface area contributed by atoms with E-state index in [0.717, 1.165) is 13.0 Å². The van der Waals surface area contributed by atoms with E-state index in [-0.39, 0.29) is 6.04 Å². The molecule has 0 amide bonds. The first kappa shape index (κ1) is 13.3. The molecular formula is C11H24N4O. The lowest BCUT2D eigenvalue weighted by Crippen LogP contribution is -2.52. The van der Waals surface area contributed by atoms with Gasteiger partial charge in [0.25, 0.3) is 0 Å². The average molecular weight is 228 g/mol. The largest absolute Gasteiger partial charge is 0.409 e. The Balaban J connectivity index is 2.63. The number of likely N-dealkylation sites (N-methyl/N-ethyl adjacent to an activating group) is 2. The number of piperidine rings is 1. The molecule has 0 saturated carbocycles. The quantitative estimate of drug-likeness (QED) is 0.319. The summed E-state index contributed by atoms with van der Waals surface area (Å²) in [6.07, 6.45) is 3.28. The molecule has 0 aliphatic carbocycles. The Kier molecular flexibility index (Phi) is 5.02. The van der Waals surface area contributed by atoms with E-state index in [9.17, 15) is 0 Å². The summed E-state index contributed by atoms with van der Waals surface area (Å²) in [4.78, 5) is 4.58. The fourth-order valence-corrected chi connectivity index (χ4v) is 2.50. The molecule has 5 heteroatoms. The Morgan fingerprint density at radius 1 is 1.69 bits per heavy atom. The zero-order valence-electron chi connectivity index (χ0n) is 10.6. The number of amidine groups is 1. The molecule has 5 nitrogen and oxygen atoms in total. The van der Waals surface area contributed by atoms with E-state index in [0.29, 0.717) is 11.9 Å². The Bertz CT molecular complexity index is 244. The number of likely N-dealkylation sites (tertiary alicyclic amines) is 1. The number of hydrogen-bond acceptors (Lipinski definition) is 4. The first-order chi connectivity index (χ1) is 7.60. The third-order valence-corrected chi connectivity index (χ3v) is 3.51. The minimum absolute atomic E-state index is 0.0431. The Morgan fingerprint density at radius 3 is 2.88 bits per heavy atom. The standard InChI is InChI=1S/C11H24N4O/c1-4-10(11(12)13-16)15(3)9-6-5-7-14(2)8-9/h9-10,16H,4-8H2,1-3H3,(H2,12,13). The number of hydrogen-bond donors (Lipinski definition) is 2. The van der Waals surface area contributed by atoms with Gasteiger partial charge in [-0.05, 0) is 39.9 Å². The van der Waals surface area contributed by atoms with Crippen LogP contribution in [-0.4, -0.2) is 60.1 Å². The van der Waals surface area contributed by atoms with E-state index < -0.39 is 0 Å². The fraction of sp³-hybridized carbons (Fsp3) is 0.909. The molecule has 2 unspecified atom stereocenters. The van der Waals surface area contributed by atoms with E-state index in [2.05, 4.69) is 36.0 Å². The van der Waals surface area contributed by atoms with Gasteiger partial charge in [-0.3, -0.25) is 4.90 Å². The summed E-state index contributed by atoms with van der Waals surface area (Å²) in [7, 11) is 4.21. The molecule has 1 heterocycles. The van der Waals surface area contributed by atoms with Crippen LogP contribution >= 0.6 is 0 Å². The van der Waals surface area contributed by atoms with Crippen molar-refractivity contribution in [2.45, 2.75) is 38.3 Å². The monoisotopic (exact) mass is 228 g/mol. The van der Waals surface area contributed by atoms with Crippen molar-refractivity contribution < 1.29 is 5.21 Å². The number of oxime groups is 1. The molecule has 16 heavy (non-hydrogen) atoms. The Morgan fingerprint density at radius 2 is 2.38 bits per heavy atom. The zero-order chi connectivity index (χ0) is 12.1. The molecule has 1 aliphatic heterocycles. The average Bonchev–Trinajstić information content (AvgIpc) is 2.29. The summed E-state index contributed by atoms with van der Waals surface area (Å²) in [5.74, 6) is 0.318. The van der Waals surface area contributed by atoms with Gasteiger partial charge in [-0.25, -0.2) is 0 Å². The third-order valence-electron chi connectivity index (χ3n) is 3.51. The van der Waals surface area contributed by atoms with E-state index in [1.165, 1.54) is 19.4 Å². The molecule has 0 aromatic carbocycles. The molecule has 2 atom stereocenters. The second kappa shape index (κ2) is 6.06. The van der Waals surface area contributed by atoms with E-state index in [4.69, 9.17) is 10.9 Å². The molecule has 1 fully saturated rings. The van der Waals surface area contributed by atoms with Crippen molar-refractivity contribution in [2.24, 2.45) is 10.9 Å². The van der Waals surface area contributed by atoms with Crippen LogP contribution in [-0.2, 0) is 0 Å². The topological polar surface area (TPSA) is 65.1 Å². The molecular weight excluding hydrogens is 204 g/mol. The highest BCUT2D eigenvalue weighted by atomic mass is 16.4. The smallest absolute Gasteiger partial charge is 0.156 e. The lowest BCUT2D eigenvalue weighted by molar-refractivity contribution is 0.117. The van der Waals surface area contributed by atoms with Crippen LogP contribution in [0.2, 0.25) is 0 Å². The summed E-state index contributed by atoms with van der Waals surface area (Å²) in [5, 5.41) is 11.9. The van der Waals surface area contributed by atoms with Crippen LogP contribution < -0.4 is 5.73 Å². The molecule has 0 aromatic rings. The highest BCUT2D eigenvalue weighted by Gasteiger charge is 2.27. The van der Waals surface area contributed by atoms with Gasteiger partial charge in [-0.1, -0.05) is 12.1 Å². The van der Waals surface area contributed by atoms with Crippen molar-refractivity contribution in [1.82, 2.24) is 9.80 Å². The van der Waals surface area contributed by atoms with Crippen LogP contribution in [0.15, 0.2) is 5.16 Å². The first-order valence-electron chi connectivity index (χ1n) is 5.98. The molecule has 3 N–H and O–H groups in total. The maximum absolute atomic E-state index is 8.76. The normalized spacial score (nSPS) is 26.0. The van der Waals surface area contributed by atoms with Gasteiger partial charge in [-0.15, -0.1) is 0 Å². The minimum atomic E-state index is 0.0431. The number of nitrogens with two attached hydrogens (primary N) is 1. The summed E-state index contributed by atoms with van der Waals surface area (Å²) >= 11 is 0. The van der Waals surface area contributed by atoms with Gasteiger partial charge in [0.1, 0.15) is 0 Å². The third kappa shape index (κ3) is 3.09. The fourth-order valence-electron chi connectivity index (χ4n) is 2.50. The highest BCUT2D eigenvalue weighted by molar-refractivity contribution is 5.85. The van der Waals surface area contributed by atoms with Gasteiger partial charge in [0, 0.05) is 12.6 Å². The van der Waals surface area contributed by atoms with Crippen LogP contribution in [0.5, 0.6) is 0 Å². The molecule has 0 aromatic heterocycles. The molecule has 94 valence electrons. The molecule has 1 aliphatic rings. The van der Waals surface area contributed by atoms with Crippen LogP contribution in [0.1, 0.15) is 26.2 Å². The van der Waals surface area contributed by atoms with E-state index in [1.807, 2.05) is 0 Å². The number of rotatable bonds is 4. The molecule has 0 bridgehead atoms. The summed E-state index contributed by atoms with van der Waals surface area (Å²) in [6.45, 7) is 4.29. The van der Waals surface area contributed by atoms with Gasteiger partial charge in [-0.2, -0.15) is 0 Å².